The molecule has 10 heteroatoms. The highest BCUT2D eigenvalue weighted by Crippen LogP contribution is 2.27. The number of tetrazole rings is 1. The summed E-state index contributed by atoms with van der Waals surface area (Å²) in [5.41, 5.74) is 1.09. The Bertz CT molecular complexity index is 957. The van der Waals surface area contributed by atoms with E-state index >= 15 is 0 Å². The lowest BCUT2D eigenvalue weighted by Crippen LogP contribution is -2.18. The van der Waals surface area contributed by atoms with E-state index in [2.05, 4.69) is 25.8 Å². The number of benzene rings is 1. The molecule has 2 aromatic heterocycles. The molecule has 0 aliphatic rings. The summed E-state index contributed by atoms with van der Waals surface area (Å²) in [5, 5.41) is 13.3. The van der Waals surface area contributed by atoms with E-state index in [1.807, 2.05) is 0 Å². The van der Waals surface area contributed by atoms with Gasteiger partial charge in [-0.3, -0.25) is 19.3 Å². The van der Waals surface area contributed by atoms with E-state index in [1.54, 1.807) is 7.05 Å². The number of carbonyl (C=O) groups excluding carboxylic acids is 1. The van der Waals surface area contributed by atoms with Crippen molar-refractivity contribution >= 4 is 22.7 Å². The van der Waals surface area contributed by atoms with Gasteiger partial charge in [0.1, 0.15) is 5.82 Å². The molecule has 0 radical (unpaired) electrons. The van der Waals surface area contributed by atoms with Gasteiger partial charge in [0.05, 0.1) is 27.0 Å². The molecule has 2 heterocycles. The summed E-state index contributed by atoms with van der Waals surface area (Å²) in [6, 6.07) is 7.04. The molecule has 0 saturated heterocycles. The van der Waals surface area contributed by atoms with Crippen LogP contribution in [-0.4, -0.2) is 41.6 Å². The quantitative estimate of drug-likeness (QED) is 0.754. The van der Waals surface area contributed by atoms with Crippen molar-refractivity contribution in [1.29, 1.82) is 0 Å². The summed E-state index contributed by atoms with van der Waals surface area (Å²) in [5.74, 6) is -0.765. The van der Waals surface area contributed by atoms with E-state index in [0.717, 1.165) is 0 Å². The van der Waals surface area contributed by atoms with E-state index in [1.165, 1.54) is 47.5 Å². The lowest BCUT2D eigenvalue weighted by atomic mass is 10.1. The Kier molecular flexibility index (Phi) is 4.61. The van der Waals surface area contributed by atoms with E-state index < -0.39 is 22.5 Å². The molecule has 25 heavy (non-hydrogen) atoms. The summed E-state index contributed by atoms with van der Waals surface area (Å²) in [4.78, 5) is 17.1. The zero-order chi connectivity index (χ0) is 18.0. The van der Waals surface area contributed by atoms with Crippen molar-refractivity contribution in [1.82, 2.24) is 25.2 Å². The number of aromatic nitrogens is 5. The molecule has 3 aromatic rings. The maximum Gasteiger partial charge on any atom is 0.259 e. The van der Waals surface area contributed by atoms with Crippen LogP contribution in [0.4, 0.5) is 10.3 Å². The molecule has 3 rings (SSSR count). The maximum atomic E-state index is 13.2. The molecule has 0 spiro atoms. The van der Waals surface area contributed by atoms with Crippen LogP contribution in [0.15, 0.2) is 41.4 Å². The van der Waals surface area contributed by atoms with Gasteiger partial charge in [0.2, 0.25) is 5.95 Å². The largest absolute Gasteiger partial charge is 0.289 e. The molecular weight excluding hydrogens is 347 g/mol. The molecule has 0 fully saturated rings. The molecule has 1 N–H and O–H groups in total. The first kappa shape index (κ1) is 16.8. The van der Waals surface area contributed by atoms with Gasteiger partial charge in [0.15, 0.2) is 0 Å². The SMILES string of the molecule is Cn1nnnc1NC(=O)c1ccnc(-c2ccc(F)cc2)c1S(C)=O. The first-order valence-corrected chi connectivity index (χ1v) is 8.65. The zero-order valence-electron chi connectivity index (χ0n) is 13.3. The lowest BCUT2D eigenvalue weighted by Gasteiger charge is -2.12. The van der Waals surface area contributed by atoms with Gasteiger partial charge in [-0.2, -0.15) is 0 Å². The first-order valence-electron chi connectivity index (χ1n) is 7.09. The summed E-state index contributed by atoms with van der Waals surface area (Å²) in [6.45, 7) is 0. The zero-order valence-corrected chi connectivity index (χ0v) is 14.1. The first-order chi connectivity index (χ1) is 12.0. The summed E-state index contributed by atoms with van der Waals surface area (Å²) < 4.78 is 26.7. The Balaban J connectivity index is 2.06. The van der Waals surface area contributed by atoms with Gasteiger partial charge < -0.3 is 0 Å². The molecule has 1 aromatic carbocycles. The van der Waals surface area contributed by atoms with Crippen molar-refractivity contribution in [2.75, 3.05) is 11.6 Å². The Morgan fingerprint density at radius 1 is 1.24 bits per heavy atom. The molecule has 0 aliphatic carbocycles. The van der Waals surface area contributed by atoms with Crippen molar-refractivity contribution in [3.63, 3.8) is 0 Å². The molecule has 0 aliphatic heterocycles. The number of nitrogens with zero attached hydrogens (tertiary/aromatic N) is 5. The van der Waals surface area contributed by atoms with Crippen LogP contribution in [0.3, 0.4) is 0 Å². The van der Waals surface area contributed by atoms with Crippen LogP contribution >= 0.6 is 0 Å². The third-order valence-electron chi connectivity index (χ3n) is 3.40. The monoisotopic (exact) mass is 360 g/mol. The highest BCUT2D eigenvalue weighted by Gasteiger charge is 2.21. The average Bonchev–Trinajstić information content (AvgIpc) is 2.99. The second kappa shape index (κ2) is 6.85. The number of halogens is 1. The Hall–Kier alpha value is -3.01. The minimum Gasteiger partial charge on any atom is -0.289 e. The Morgan fingerprint density at radius 3 is 2.56 bits per heavy atom. The topological polar surface area (TPSA) is 103 Å². The highest BCUT2D eigenvalue weighted by molar-refractivity contribution is 7.84. The van der Waals surface area contributed by atoms with Crippen LogP contribution in [-0.2, 0) is 17.8 Å². The number of carbonyl (C=O) groups is 1. The van der Waals surface area contributed by atoms with Crippen LogP contribution < -0.4 is 5.32 Å². The molecule has 1 unspecified atom stereocenters. The fourth-order valence-electron chi connectivity index (χ4n) is 2.24. The molecule has 128 valence electrons. The van der Waals surface area contributed by atoms with Crippen LogP contribution in [0, 0.1) is 5.82 Å². The molecular formula is C15H13FN6O2S. The molecule has 1 atom stereocenters. The number of anilines is 1. The van der Waals surface area contributed by atoms with Crippen molar-refractivity contribution in [3.8, 4) is 11.3 Å². The summed E-state index contributed by atoms with van der Waals surface area (Å²) >= 11 is 0. The van der Waals surface area contributed by atoms with Crippen LogP contribution in [0.25, 0.3) is 11.3 Å². The standard InChI is InChI=1S/C15H13FN6O2S/c1-22-15(19-20-21-22)18-14(23)11-7-8-17-12(13(11)25(2)24)9-3-5-10(16)6-4-9/h3-8H,1-2H3,(H,18,19,21,23). The number of rotatable bonds is 4. The predicted molar refractivity (Wildman–Crippen MR) is 88.7 cm³/mol. The fourth-order valence-corrected chi connectivity index (χ4v) is 3.15. The van der Waals surface area contributed by atoms with Crippen molar-refractivity contribution in [3.05, 3.63) is 47.9 Å². The number of nitrogens with one attached hydrogen (secondary N) is 1. The van der Waals surface area contributed by atoms with Crippen LogP contribution in [0.2, 0.25) is 0 Å². The van der Waals surface area contributed by atoms with Crippen molar-refractivity contribution in [2.45, 2.75) is 4.90 Å². The van der Waals surface area contributed by atoms with Gasteiger partial charge in [-0.05, 0) is 40.8 Å². The van der Waals surface area contributed by atoms with Crippen molar-refractivity contribution < 1.29 is 13.4 Å². The molecule has 1 amide bonds. The van der Waals surface area contributed by atoms with Gasteiger partial charge in [0.25, 0.3) is 5.91 Å². The third-order valence-corrected chi connectivity index (χ3v) is 4.39. The number of hydrogen-bond donors (Lipinski definition) is 1. The number of pyridine rings is 1. The summed E-state index contributed by atoms with van der Waals surface area (Å²) in [6.07, 6.45) is 2.88. The van der Waals surface area contributed by atoms with E-state index in [0.29, 0.717) is 11.3 Å². The second-order valence-electron chi connectivity index (χ2n) is 5.08. The summed E-state index contributed by atoms with van der Waals surface area (Å²) in [7, 11) is 0.0666. The van der Waals surface area contributed by atoms with Gasteiger partial charge in [-0.25, -0.2) is 9.07 Å². The predicted octanol–water partition coefficient (Wildman–Crippen LogP) is 1.40. The normalized spacial score (nSPS) is 12.0. The van der Waals surface area contributed by atoms with Gasteiger partial charge >= 0.3 is 0 Å². The highest BCUT2D eigenvalue weighted by atomic mass is 32.2. The van der Waals surface area contributed by atoms with Gasteiger partial charge in [-0.15, -0.1) is 0 Å². The van der Waals surface area contributed by atoms with E-state index in [-0.39, 0.29) is 16.4 Å². The average molecular weight is 360 g/mol. The molecule has 0 bridgehead atoms. The number of amides is 1. The van der Waals surface area contributed by atoms with E-state index in [4.69, 9.17) is 0 Å². The fraction of sp³-hybridized carbons (Fsp3) is 0.133. The number of hydrogen-bond acceptors (Lipinski definition) is 6. The van der Waals surface area contributed by atoms with Crippen molar-refractivity contribution in [2.24, 2.45) is 7.05 Å². The minimum absolute atomic E-state index is 0.151. The smallest absolute Gasteiger partial charge is 0.259 e. The third kappa shape index (κ3) is 3.43. The second-order valence-corrected chi connectivity index (χ2v) is 6.39. The van der Waals surface area contributed by atoms with E-state index in [9.17, 15) is 13.4 Å². The Labute approximate surface area is 144 Å². The lowest BCUT2D eigenvalue weighted by molar-refractivity contribution is 0.102. The number of aryl methyl sites for hydroxylation is 1. The Morgan fingerprint density at radius 2 is 1.96 bits per heavy atom. The van der Waals surface area contributed by atoms with Crippen LogP contribution in [0.1, 0.15) is 10.4 Å². The molecule has 8 nitrogen and oxygen atoms in total. The molecule has 0 saturated carbocycles. The minimum atomic E-state index is -1.51. The van der Waals surface area contributed by atoms with Gasteiger partial charge in [-0.1, -0.05) is 5.10 Å². The van der Waals surface area contributed by atoms with Gasteiger partial charge in [0, 0.05) is 25.1 Å². The maximum absolute atomic E-state index is 13.2. The van der Waals surface area contributed by atoms with Crippen LogP contribution in [0.5, 0.6) is 0 Å².